The highest BCUT2D eigenvalue weighted by molar-refractivity contribution is 7.09. The topological polar surface area (TPSA) is 77.2 Å². The minimum Gasteiger partial charge on any atom is -0.492 e. The summed E-state index contributed by atoms with van der Waals surface area (Å²) in [5.74, 6) is 0.513. The van der Waals surface area contributed by atoms with Crippen molar-refractivity contribution < 1.29 is 9.53 Å². The van der Waals surface area contributed by atoms with Gasteiger partial charge in [0.2, 0.25) is 0 Å². The normalized spacial score (nSPS) is 10.2. The van der Waals surface area contributed by atoms with Gasteiger partial charge in [0.15, 0.2) is 0 Å². The number of thiazole rings is 1. The van der Waals surface area contributed by atoms with Crippen LogP contribution in [0.25, 0.3) is 0 Å². The maximum absolute atomic E-state index is 11.7. The molecule has 0 aliphatic heterocycles. The highest BCUT2D eigenvalue weighted by Gasteiger charge is 2.08. The first-order chi connectivity index (χ1) is 9.15. The van der Waals surface area contributed by atoms with Gasteiger partial charge in [0.1, 0.15) is 18.1 Å². The molecular formula is C13H15N3O2S. The van der Waals surface area contributed by atoms with Gasteiger partial charge < -0.3 is 15.8 Å². The number of hydrogen-bond donors (Lipinski definition) is 2. The lowest BCUT2D eigenvalue weighted by atomic mass is 10.3. The Labute approximate surface area is 115 Å². The van der Waals surface area contributed by atoms with Crippen molar-refractivity contribution in [3.8, 4) is 5.75 Å². The molecule has 1 aromatic heterocycles. The summed E-state index contributed by atoms with van der Waals surface area (Å²) in [4.78, 5) is 15.8. The number of carbonyl (C=O) groups is 1. The van der Waals surface area contributed by atoms with Crippen LogP contribution in [-0.4, -0.2) is 24.0 Å². The molecule has 6 heteroatoms. The van der Waals surface area contributed by atoms with E-state index in [2.05, 4.69) is 10.3 Å². The molecule has 1 amide bonds. The van der Waals surface area contributed by atoms with E-state index in [-0.39, 0.29) is 5.91 Å². The van der Waals surface area contributed by atoms with Gasteiger partial charge in [0, 0.05) is 17.1 Å². The molecule has 0 radical (unpaired) electrons. The van der Waals surface area contributed by atoms with Crippen LogP contribution in [0, 0.1) is 6.92 Å². The van der Waals surface area contributed by atoms with Gasteiger partial charge in [-0.15, -0.1) is 11.3 Å². The molecule has 3 N–H and O–H groups in total. The molecule has 0 bridgehead atoms. The Morgan fingerprint density at radius 3 is 3.05 bits per heavy atom. The van der Waals surface area contributed by atoms with Crippen LogP contribution in [0.2, 0.25) is 0 Å². The van der Waals surface area contributed by atoms with Gasteiger partial charge in [0.05, 0.1) is 11.6 Å². The molecule has 1 heterocycles. The molecule has 0 saturated heterocycles. The largest absolute Gasteiger partial charge is 0.492 e. The fourth-order valence-corrected chi connectivity index (χ4v) is 2.09. The van der Waals surface area contributed by atoms with Crippen molar-refractivity contribution in [1.82, 2.24) is 10.3 Å². The molecule has 0 aliphatic carbocycles. The number of anilines is 1. The number of nitrogen functional groups attached to an aromatic ring is 1. The molecule has 100 valence electrons. The predicted molar refractivity (Wildman–Crippen MR) is 75.5 cm³/mol. The number of benzene rings is 1. The number of amides is 1. The summed E-state index contributed by atoms with van der Waals surface area (Å²) in [5, 5.41) is 5.36. The second-order valence-corrected chi connectivity index (χ2v) is 4.99. The summed E-state index contributed by atoms with van der Waals surface area (Å²) < 4.78 is 5.47. The van der Waals surface area contributed by atoms with E-state index < -0.39 is 0 Å². The second kappa shape index (κ2) is 6.19. The first-order valence-corrected chi connectivity index (χ1v) is 6.72. The molecule has 0 fully saturated rings. The Morgan fingerprint density at radius 1 is 1.53 bits per heavy atom. The van der Waals surface area contributed by atoms with Crippen molar-refractivity contribution in [2.45, 2.75) is 6.92 Å². The lowest BCUT2D eigenvalue weighted by molar-refractivity contribution is 0.0942. The van der Waals surface area contributed by atoms with Crippen LogP contribution in [0.4, 0.5) is 5.69 Å². The quantitative estimate of drug-likeness (QED) is 0.646. The Morgan fingerprint density at radius 2 is 2.37 bits per heavy atom. The van der Waals surface area contributed by atoms with Gasteiger partial charge in [-0.2, -0.15) is 0 Å². The lowest BCUT2D eigenvalue weighted by Gasteiger charge is -2.07. The number of hydrogen-bond acceptors (Lipinski definition) is 5. The second-order valence-electron chi connectivity index (χ2n) is 3.93. The first kappa shape index (κ1) is 13.4. The number of ether oxygens (including phenoxy) is 1. The van der Waals surface area contributed by atoms with Crippen LogP contribution < -0.4 is 15.8 Å². The van der Waals surface area contributed by atoms with Gasteiger partial charge in [0.25, 0.3) is 5.91 Å². The number of carbonyl (C=O) groups excluding carboxylic acids is 1. The Kier molecular flexibility index (Phi) is 4.35. The Bertz CT molecular complexity index is 569. The molecule has 0 aliphatic rings. The predicted octanol–water partition coefficient (Wildman–Crippen LogP) is 1.84. The smallest absolute Gasteiger partial charge is 0.270 e. The fraction of sp³-hybridized carbons (Fsp3) is 0.231. The maximum Gasteiger partial charge on any atom is 0.270 e. The van der Waals surface area contributed by atoms with Gasteiger partial charge in [-0.25, -0.2) is 4.98 Å². The van der Waals surface area contributed by atoms with E-state index >= 15 is 0 Å². The summed E-state index contributed by atoms with van der Waals surface area (Å²) in [6.45, 7) is 2.67. The van der Waals surface area contributed by atoms with Gasteiger partial charge in [-0.1, -0.05) is 6.07 Å². The summed E-state index contributed by atoms with van der Waals surface area (Å²) in [6, 6.07) is 7.17. The van der Waals surface area contributed by atoms with E-state index in [0.29, 0.717) is 30.3 Å². The molecule has 0 saturated carbocycles. The van der Waals surface area contributed by atoms with Crippen molar-refractivity contribution in [1.29, 1.82) is 0 Å². The monoisotopic (exact) mass is 277 g/mol. The van der Waals surface area contributed by atoms with E-state index in [0.717, 1.165) is 5.01 Å². The zero-order chi connectivity index (χ0) is 13.7. The van der Waals surface area contributed by atoms with Gasteiger partial charge in [-0.3, -0.25) is 4.79 Å². The SMILES string of the molecule is Cc1nc(C(=O)NCCOc2cccc(N)c2)cs1. The summed E-state index contributed by atoms with van der Waals surface area (Å²) >= 11 is 1.45. The third-order valence-electron chi connectivity index (χ3n) is 2.37. The fourth-order valence-electron chi connectivity index (χ4n) is 1.50. The molecule has 2 rings (SSSR count). The zero-order valence-corrected chi connectivity index (χ0v) is 11.4. The summed E-state index contributed by atoms with van der Waals surface area (Å²) in [7, 11) is 0. The number of aryl methyl sites for hydroxylation is 1. The van der Waals surface area contributed by atoms with Gasteiger partial charge in [-0.05, 0) is 19.1 Å². The Balaban J connectivity index is 1.74. The minimum absolute atomic E-state index is 0.180. The summed E-state index contributed by atoms with van der Waals surface area (Å²) in [5.41, 5.74) is 6.74. The average molecular weight is 277 g/mol. The number of nitrogens with two attached hydrogens (primary N) is 1. The van der Waals surface area contributed by atoms with E-state index in [1.807, 2.05) is 19.1 Å². The van der Waals surface area contributed by atoms with Crippen molar-refractivity contribution in [3.05, 3.63) is 40.3 Å². The molecule has 1 aromatic carbocycles. The molecule has 5 nitrogen and oxygen atoms in total. The standard InChI is InChI=1S/C13H15N3O2S/c1-9-16-12(8-19-9)13(17)15-5-6-18-11-4-2-3-10(14)7-11/h2-4,7-8H,5-6,14H2,1H3,(H,15,17). The summed E-state index contributed by atoms with van der Waals surface area (Å²) in [6.07, 6.45) is 0. The Hall–Kier alpha value is -2.08. The third-order valence-corrected chi connectivity index (χ3v) is 3.14. The van der Waals surface area contributed by atoms with E-state index in [1.165, 1.54) is 11.3 Å². The van der Waals surface area contributed by atoms with E-state index in [9.17, 15) is 4.79 Å². The molecule has 2 aromatic rings. The molecule has 19 heavy (non-hydrogen) atoms. The average Bonchev–Trinajstić information content (AvgIpc) is 2.81. The van der Waals surface area contributed by atoms with Crippen LogP contribution >= 0.6 is 11.3 Å². The van der Waals surface area contributed by atoms with Crippen molar-refractivity contribution in [2.75, 3.05) is 18.9 Å². The van der Waals surface area contributed by atoms with Crippen LogP contribution in [0.3, 0.4) is 0 Å². The number of nitrogens with one attached hydrogen (secondary N) is 1. The highest BCUT2D eigenvalue weighted by Crippen LogP contribution is 2.13. The molecular weight excluding hydrogens is 262 g/mol. The lowest BCUT2D eigenvalue weighted by Crippen LogP contribution is -2.28. The van der Waals surface area contributed by atoms with Crippen molar-refractivity contribution in [3.63, 3.8) is 0 Å². The molecule has 0 atom stereocenters. The van der Waals surface area contributed by atoms with Crippen LogP contribution in [0.15, 0.2) is 29.6 Å². The first-order valence-electron chi connectivity index (χ1n) is 5.84. The van der Waals surface area contributed by atoms with Gasteiger partial charge >= 0.3 is 0 Å². The minimum atomic E-state index is -0.180. The van der Waals surface area contributed by atoms with Crippen LogP contribution in [-0.2, 0) is 0 Å². The van der Waals surface area contributed by atoms with Crippen molar-refractivity contribution in [2.24, 2.45) is 0 Å². The molecule has 0 spiro atoms. The van der Waals surface area contributed by atoms with Crippen LogP contribution in [0.1, 0.15) is 15.5 Å². The highest BCUT2D eigenvalue weighted by atomic mass is 32.1. The molecule has 0 unspecified atom stereocenters. The zero-order valence-electron chi connectivity index (χ0n) is 10.6. The number of rotatable bonds is 5. The number of aromatic nitrogens is 1. The number of nitrogens with zero attached hydrogens (tertiary/aromatic N) is 1. The van der Waals surface area contributed by atoms with Crippen LogP contribution in [0.5, 0.6) is 5.75 Å². The van der Waals surface area contributed by atoms with E-state index in [4.69, 9.17) is 10.5 Å². The van der Waals surface area contributed by atoms with Crippen molar-refractivity contribution >= 4 is 22.9 Å². The maximum atomic E-state index is 11.7. The third kappa shape index (κ3) is 3.96. The van der Waals surface area contributed by atoms with E-state index in [1.54, 1.807) is 17.5 Å².